The van der Waals surface area contributed by atoms with E-state index in [2.05, 4.69) is 0 Å². The maximum Gasteiger partial charge on any atom is 0.248 e. The smallest absolute Gasteiger partial charge is 0.248 e. The molecule has 0 N–H and O–H groups in total. The fourth-order valence-corrected chi connectivity index (χ4v) is 3.39. The van der Waals surface area contributed by atoms with Gasteiger partial charge in [-0.1, -0.05) is 42.5 Å². The van der Waals surface area contributed by atoms with E-state index in [1.807, 2.05) is 30.3 Å². The second-order valence-electron chi connectivity index (χ2n) is 6.54. The van der Waals surface area contributed by atoms with E-state index in [4.69, 9.17) is 4.74 Å². The molecule has 136 valence electrons. The zero-order chi connectivity index (χ0) is 18.5. The minimum Gasteiger partial charge on any atom is -0.375 e. The molecule has 3 rings (SSSR count). The average Bonchev–Trinajstić information content (AvgIpc) is 2.68. The standard InChI is InChI=1S/C21H22FNO3/c1-26-14-20(24)23-11-5-8-17(13-23)21(25)16-9-10-18(19(22)12-16)15-6-3-2-4-7-15/h2-4,6-7,9-10,12,17H,5,8,11,13-14H2,1H3/t17-/m0/s1. The van der Waals surface area contributed by atoms with Gasteiger partial charge in [0.15, 0.2) is 5.78 Å². The highest BCUT2D eigenvalue weighted by Crippen LogP contribution is 2.26. The van der Waals surface area contributed by atoms with Crippen molar-refractivity contribution >= 4 is 11.7 Å². The Morgan fingerprint density at radius 3 is 2.65 bits per heavy atom. The third kappa shape index (κ3) is 3.99. The van der Waals surface area contributed by atoms with Gasteiger partial charge < -0.3 is 9.64 Å². The van der Waals surface area contributed by atoms with Crippen molar-refractivity contribution in [3.8, 4) is 11.1 Å². The minimum absolute atomic E-state index is 0.0152. The second-order valence-corrected chi connectivity index (χ2v) is 6.54. The van der Waals surface area contributed by atoms with Gasteiger partial charge in [0.2, 0.25) is 5.91 Å². The summed E-state index contributed by atoms with van der Waals surface area (Å²) in [7, 11) is 1.47. The van der Waals surface area contributed by atoms with Gasteiger partial charge in [-0.05, 0) is 24.5 Å². The Labute approximate surface area is 152 Å². The number of methoxy groups -OCH3 is 1. The van der Waals surface area contributed by atoms with Crippen LogP contribution in [0.5, 0.6) is 0 Å². The number of likely N-dealkylation sites (tertiary alicyclic amines) is 1. The van der Waals surface area contributed by atoms with Crippen molar-refractivity contribution in [2.24, 2.45) is 5.92 Å². The number of ketones is 1. The van der Waals surface area contributed by atoms with Gasteiger partial charge in [-0.25, -0.2) is 4.39 Å². The normalized spacial score (nSPS) is 17.2. The maximum absolute atomic E-state index is 14.5. The van der Waals surface area contributed by atoms with Crippen LogP contribution in [-0.2, 0) is 9.53 Å². The van der Waals surface area contributed by atoms with Crippen molar-refractivity contribution in [3.63, 3.8) is 0 Å². The van der Waals surface area contributed by atoms with Crippen molar-refractivity contribution in [3.05, 3.63) is 59.9 Å². The summed E-state index contributed by atoms with van der Waals surface area (Å²) in [5, 5.41) is 0. The second kappa shape index (κ2) is 8.23. The summed E-state index contributed by atoms with van der Waals surface area (Å²) in [5.41, 5.74) is 1.61. The minimum atomic E-state index is -0.412. The summed E-state index contributed by atoms with van der Waals surface area (Å²) in [6.45, 7) is 1.01. The Balaban J connectivity index is 1.75. The number of Topliss-reactive ketones (excluding diaryl/α,β-unsaturated/α-hetero) is 1. The molecule has 1 aliphatic heterocycles. The fourth-order valence-electron chi connectivity index (χ4n) is 3.39. The summed E-state index contributed by atoms with van der Waals surface area (Å²) in [5.74, 6) is -0.939. The lowest BCUT2D eigenvalue weighted by atomic mass is 9.89. The van der Waals surface area contributed by atoms with E-state index in [-0.39, 0.29) is 24.2 Å². The third-order valence-corrected chi connectivity index (χ3v) is 4.75. The van der Waals surface area contributed by atoms with Crippen LogP contribution in [0.3, 0.4) is 0 Å². The molecule has 0 saturated carbocycles. The van der Waals surface area contributed by atoms with Crippen LogP contribution >= 0.6 is 0 Å². The molecule has 0 aliphatic carbocycles. The van der Waals surface area contributed by atoms with E-state index in [1.54, 1.807) is 17.0 Å². The Kier molecular flexibility index (Phi) is 5.78. The van der Waals surface area contributed by atoms with E-state index in [1.165, 1.54) is 13.2 Å². The van der Waals surface area contributed by atoms with E-state index in [0.29, 0.717) is 30.6 Å². The van der Waals surface area contributed by atoms with Crippen LogP contribution in [0, 0.1) is 11.7 Å². The quantitative estimate of drug-likeness (QED) is 0.771. The Hall–Kier alpha value is -2.53. The van der Waals surface area contributed by atoms with Gasteiger partial charge in [0.25, 0.3) is 0 Å². The molecule has 1 heterocycles. The largest absolute Gasteiger partial charge is 0.375 e. The lowest BCUT2D eigenvalue weighted by Gasteiger charge is -2.32. The number of carbonyl (C=O) groups is 2. The van der Waals surface area contributed by atoms with Gasteiger partial charge in [-0.15, -0.1) is 0 Å². The number of piperidine rings is 1. The number of benzene rings is 2. The van der Waals surface area contributed by atoms with Gasteiger partial charge in [0, 0.05) is 37.2 Å². The molecule has 5 heteroatoms. The van der Waals surface area contributed by atoms with Gasteiger partial charge >= 0.3 is 0 Å². The van der Waals surface area contributed by atoms with Crippen molar-refractivity contribution in [2.75, 3.05) is 26.8 Å². The number of amides is 1. The molecule has 26 heavy (non-hydrogen) atoms. The molecule has 2 aromatic carbocycles. The molecule has 0 aromatic heterocycles. The van der Waals surface area contributed by atoms with Crippen molar-refractivity contribution in [2.45, 2.75) is 12.8 Å². The van der Waals surface area contributed by atoms with Gasteiger partial charge in [-0.3, -0.25) is 9.59 Å². The predicted molar refractivity (Wildman–Crippen MR) is 97.3 cm³/mol. The lowest BCUT2D eigenvalue weighted by Crippen LogP contribution is -2.43. The first kappa shape index (κ1) is 18.3. The summed E-state index contributed by atoms with van der Waals surface area (Å²) in [6, 6.07) is 13.9. The van der Waals surface area contributed by atoms with Crippen LogP contribution in [0.1, 0.15) is 23.2 Å². The first-order valence-electron chi connectivity index (χ1n) is 8.76. The number of hydrogen-bond donors (Lipinski definition) is 0. The zero-order valence-electron chi connectivity index (χ0n) is 14.8. The monoisotopic (exact) mass is 355 g/mol. The Morgan fingerprint density at radius 2 is 1.96 bits per heavy atom. The SMILES string of the molecule is COCC(=O)N1CCC[C@H](C(=O)c2ccc(-c3ccccc3)c(F)c2)C1. The van der Waals surface area contributed by atoms with Crippen LogP contribution in [0.2, 0.25) is 0 Å². The maximum atomic E-state index is 14.5. The van der Waals surface area contributed by atoms with E-state index < -0.39 is 5.82 Å². The van der Waals surface area contributed by atoms with Crippen molar-refractivity contribution in [1.82, 2.24) is 4.90 Å². The Bertz CT molecular complexity index is 791. The van der Waals surface area contributed by atoms with Gasteiger partial charge in [0.1, 0.15) is 12.4 Å². The summed E-state index contributed by atoms with van der Waals surface area (Å²) < 4.78 is 19.4. The van der Waals surface area contributed by atoms with Crippen LogP contribution in [0.4, 0.5) is 4.39 Å². The number of halogens is 1. The van der Waals surface area contributed by atoms with Crippen molar-refractivity contribution < 1.29 is 18.7 Å². The average molecular weight is 355 g/mol. The highest BCUT2D eigenvalue weighted by atomic mass is 19.1. The number of carbonyl (C=O) groups excluding carboxylic acids is 2. The molecule has 1 amide bonds. The van der Waals surface area contributed by atoms with E-state index in [9.17, 15) is 14.0 Å². The first-order chi connectivity index (χ1) is 12.6. The topological polar surface area (TPSA) is 46.6 Å². The number of hydrogen-bond acceptors (Lipinski definition) is 3. The molecular weight excluding hydrogens is 333 g/mol. The third-order valence-electron chi connectivity index (χ3n) is 4.75. The molecule has 1 atom stereocenters. The molecule has 2 aromatic rings. The fraction of sp³-hybridized carbons (Fsp3) is 0.333. The van der Waals surface area contributed by atoms with E-state index >= 15 is 0 Å². The first-order valence-corrected chi connectivity index (χ1v) is 8.76. The van der Waals surface area contributed by atoms with Crippen molar-refractivity contribution in [1.29, 1.82) is 0 Å². The summed E-state index contributed by atoms with van der Waals surface area (Å²) >= 11 is 0. The van der Waals surface area contributed by atoms with Gasteiger partial charge in [-0.2, -0.15) is 0 Å². The molecular formula is C21H22FNO3. The van der Waals surface area contributed by atoms with Crippen LogP contribution in [-0.4, -0.2) is 43.4 Å². The molecule has 1 fully saturated rings. The van der Waals surface area contributed by atoms with Crippen LogP contribution < -0.4 is 0 Å². The van der Waals surface area contributed by atoms with E-state index in [0.717, 1.165) is 12.0 Å². The molecule has 1 saturated heterocycles. The highest BCUT2D eigenvalue weighted by Gasteiger charge is 2.29. The molecule has 4 nitrogen and oxygen atoms in total. The highest BCUT2D eigenvalue weighted by molar-refractivity contribution is 5.98. The molecule has 0 unspecified atom stereocenters. The predicted octanol–water partition coefficient (Wildman–Crippen LogP) is 3.56. The number of ether oxygens (including phenoxy) is 1. The molecule has 0 bridgehead atoms. The summed E-state index contributed by atoms with van der Waals surface area (Å²) in [6.07, 6.45) is 1.47. The summed E-state index contributed by atoms with van der Waals surface area (Å²) in [4.78, 5) is 26.4. The zero-order valence-corrected chi connectivity index (χ0v) is 14.8. The molecule has 1 aliphatic rings. The van der Waals surface area contributed by atoms with Gasteiger partial charge in [0.05, 0.1) is 0 Å². The lowest BCUT2D eigenvalue weighted by molar-refractivity contribution is -0.136. The molecule has 0 radical (unpaired) electrons. The van der Waals surface area contributed by atoms with Crippen LogP contribution in [0.15, 0.2) is 48.5 Å². The molecule has 0 spiro atoms. The number of nitrogens with zero attached hydrogens (tertiary/aromatic N) is 1. The number of rotatable bonds is 5. The Morgan fingerprint density at radius 1 is 1.19 bits per heavy atom. The van der Waals surface area contributed by atoms with Crippen LogP contribution in [0.25, 0.3) is 11.1 Å².